The third-order valence-electron chi connectivity index (χ3n) is 5.44. The van der Waals surface area contributed by atoms with Crippen molar-refractivity contribution in [3.63, 3.8) is 0 Å². The molecule has 1 amide bonds. The fourth-order valence-corrected chi connectivity index (χ4v) is 3.95. The van der Waals surface area contributed by atoms with Crippen molar-refractivity contribution >= 4 is 11.6 Å². The van der Waals surface area contributed by atoms with Crippen molar-refractivity contribution in [1.82, 2.24) is 14.9 Å². The van der Waals surface area contributed by atoms with Gasteiger partial charge in [-0.2, -0.15) is 0 Å². The minimum absolute atomic E-state index is 0.0158. The summed E-state index contributed by atoms with van der Waals surface area (Å²) in [6.07, 6.45) is 4.71. The number of aromatic nitrogens is 2. The van der Waals surface area contributed by atoms with Crippen molar-refractivity contribution in [1.29, 1.82) is 0 Å². The number of nitrogens with zero attached hydrogens (tertiary/aromatic N) is 3. The Balaban J connectivity index is 1.62. The van der Waals surface area contributed by atoms with E-state index in [9.17, 15) is 9.18 Å². The van der Waals surface area contributed by atoms with Crippen LogP contribution < -0.4 is 5.32 Å². The van der Waals surface area contributed by atoms with E-state index < -0.39 is 0 Å². The summed E-state index contributed by atoms with van der Waals surface area (Å²) in [5.41, 5.74) is 3.04. The van der Waals surface area contributed by atoms with Crippen molar-refractivity contribution in [2.45, 2.75) is 38.8 Å². The highest BCUT2D eigenvalue weighted by Crippen LogP contribution is 2.33. The van der Waals surface area contributed by atoms with Crippen LogP contribution >= 0.6 is 0 Å². The zero-order chi connectivity index (χ0) is 20.9. The first kappa shape index (κ1) is 20.2. The van der Waals surface area contributed by atoms with Crippen molar-refractivity contribution in [2.24, 2.45) is 0 Å². The van der Waals surface area contributed by atoms with E-state index >= 15 is 0 Å². The zero-order valence-corrected chi connectivity index (χ0v) is 17.0. The summed E-state index contributed by atoms with van der Waals surface area (Å²) in [5.74, 6) is 0.206. The largest absolute Gasteiger partial charge is 0.322 e. The lowest BCUT2D eigenvalue weighted by atomic mass is 9.95. The topological polar surface area (TPSA) is 58.1 Å². The van der Waals surface area contributed by atoms with Gasteiger partial charge in [-0.05, 0) is 56.1 Å². The molecule has 0 aliphatic carbocycles. The number of aryl methyl sites for hydroxylation is 1. The van der Waals surface area contributed by atoms with Gasteiger partial charge in [0.25, 0.3) is 5.91 Å². The lowest BCUT2D eigenvalue weighted by molar-refractivity contribution is 0.101. The van der Waals surface area contributed by atoms with Crippen LogP contribution in [0.1, 0.15) is 52.7 Å². The number of carbonyl (C=O) groups is 1. The molecule has 4 rings (SSSR count). The van der Waals surface area contributed by atoms with E-state index in [-0.39, 0.29) is 17.8 Å². The number of nitrogens with one attached hydrogen (secondary N) is 1. The average molecular weight is 404 g/mol. The van der Waals surface area contributed by atoms with E-state index in [4.69, 9.17) is 4.98 Å². The van der Waals surface area contributed by atoms with E-state index in [2.05, 4.69) is 15.2 Å². The van der Waals surface area contributed by atoms with Gasteiger partial charge in [-0.3, -0.25) is 9.69 Å². The maximum absolute atomic E-state index is 13.3. The lowest BCUT2D eigenvalue weighted by Crippen LogP contribution is -2.35. The smallest absolute Gasteiger partial charge is 0.259 e. The Labute approximate surface area is 176 Å². The number of piperidine rings is 1. The van der Waals surface area contributed by atoms with Gasteiger partial charge in [-0.15, -0.1) is 0 Å². The Hall–Kier alpha value is -3.12. The van der Waals surface area contributed by atoms with Gasteiger partial charge in [-0.25, -0.2) is 14.4 Å². The quantitative estimate of drug-likeness (QED) is 0.657. The Morgan fingerprint density at radius 3 is 2.67 bits per heavy atom. The van der Waals surface area contributed by atoms with Gasteiger partial charge < -0.3 is 5.32 Å². The Bertz CT molecular complexity index is 1010. The van der Waals surface area contributed by atoms with Gasteiger partial charge in [-0.1, -0.05) is 36.8 Å². The third kappa shape index (κ3) is 4.71. The molecule has 1 atom stereocenters. The number of likely N-dealkylation sites (tertiary alicyclic amines) is 1. The van der Waals surface area contributed by atoms with Crippen LogP contribution in [0, 0.1) is 12.7 Å². The van der Waals surface area contributed by atoms with Gasteiger partial charge in [0.1, 0.15) is 11.6 Å². The van der Waals surface area contributed by atoms with Crippen molar-refractivity contribution in [3.8, 4) is 0 Å². The first-order chi connectivity index (χ1) is 14.6. The molecule has 1 aliphatic rings. The predicted molar refractivity (Wildman–Crippen MR) is 115 cm³/mol. The maximum Gasteiger partial charge on any atom is 0.259 e. The molecule has 0 saturated carbocycles. The molecule has 6 heteroatoms. The number of benzene rings is 2. The van der Waals surface area contributed by atoms with E-state index in [0.717, 1.165) is 42.8 Å². The third-order valence-corrected chi connectivity index (χ3v) is 5.44. The molecule has 1 saturated heterocycles. The predicted octanol–water partition coefficient (Wildman–Crippen LogP) is 4.90. The lowest BCUT2D eigenvalue weighted by Gasteiger charge is -2.36. The summed E-state index contributed by atoms with van der Waals surface area (Å²) < 4.78 is 13.3. The molecular weight excluding hydrogens is 379 g/mol. The summed E-state index contributed by atoms with van der Waals surface area (Å²) in [6, 6.07) is 16.0. The number of amides is 1. The average Bonchev–Trinajstić information content (AvgIpc) is 2.76. The number of anilines is 1. The molecule has 1 aliphatic heterocycles. The van der Waals surface area contributed by atoms with Crippen LogP contribution in [0.3, 0.4) is 0 Å². The van der Waals surface area contributed by atoms with E-state index in [1.54, 1.807) is 6.20 Å². The first-order valence-electron chi connectivity index (χ1n) is 10.3. The van der Waals surface area contributed by atoms with Crippen LogP contribution in [0.5, 0.6) is 0 Å². The molecule has 1 N–H and O–H groups in total. The highest BCUT2D eigenvalue weighted by Gasteiger charge is 2.29. The SMILES string of the molecule is Cc1ncc(C(=O)Nc2ccccc2)c(C2CCCCN2Cc2ccc(F)cc2)n1. The molecule has 1 unspecified atom stereocenters. The number of halogens is 1. The van der Waals surface area contributed by atoms with Crippen LogP contribution in [0.25, 0.3) is 0 Å². The van der Waals surface area contributed by atoms with Crippen LogP contribution in [-0.2, 0) is 6.54 Å². The van der Waals surface area contributed by atoms with Gasteiger partial charge >= 0.3 is 0 Å². The number of para-hydroxylation sites is 1. The Morgan fingerprint density at radius 1 is 1.13 bits per heavy atom. The maximum atomic E-state index is 13.3. The number of rotatable bonds is 5. The second kappa shape index (κ2) is 9.13. The minimum atomic E-state index is -0.236. The van der Waals surface area contributed by atoms with Crippen LogP contribution in [0.4, 0.5) is 10.1 Å². The monoisotopic (exact) mass is 404 g/mol. The summed E-state index contributed by atoms with van der Waals surface area (Å²) >= 11 is 0. The van der Waals surface area contributed by atoms with Gasteiger partial charge in [0.05, 0.1) is 17.3 Å². The normalized spacial score (nSPS) is 16.9. The summed E-state index contributed by atoms with van der Waals surface area (Å²) in [7, 11) is 0. The summed E-state index contributed by atoms with van der Waals surface area (Å²) in [6.45, 7) is 3.44. The second-order valence-corrected chi connectivity index (χ2v) is 7.64. The summed E-state index contributed by atoms with van der Waals surface area (Å²) in [5, 5.41) is 2.95. The molecule has 3 aromatic rings. The van der Waals surface area contributed by atoms with Crippen LogP contribution in [0.2, 0.25) is 0 Å². The highest BCUT2D eigenvalue weighted by atomic mass is 19.1. The van der Waals surface area contributed by atoms with E-state index in [1.807, 2.05) is 49.4 Å². The molecule has 2 heterocycles. The fourth-order valence-electron chi connectivity index (χ4n) is 3.95. The standard InChI is InChI=1S/C24H25FN4O/c1-17-26-15-21(24(30)28-20-7-3-2-4-8-20)23(27-17)22-9-5-6-14-29(22)16-18-10-12-19(25)13-11-18/h2-4,7-8,10-13,15,22H,5-6,9,14,16H2,1H3,(H,28,30). The van der Waals surface area contributed by atoms with E-state index in [1.165, 1.54) is 12.1 Å². The second-order valence-electron chi connectivity index (χ2n) is 7.64. The van der Waals surface area contributed by atoms with Gasteiger partial charge in [0, 0.05) is 18.4 Å². The molecular formula is C24H25FN4O. The molecule has 0 bridgehead atoms. The van der Waals surface area contributed by atoms with Crippen molar-refractivity contribution < 1.29 is 9.18 Å². The van der Waals surface area contributed by atoms with Gasteiger partial charge in [0.2, 0.25) is 0 Å². The molecule has 2 aromatic carbocycles. The van der Waals surface area contributed by atoms with Crippen molar-refractivity contribution in [3.05, 3.63) is 89.3 Å². The molecule has 0 radical (unpaired) electrons. The number of carbonyl (C=O) groups excluding carboxylic acids is 1. The molecule has 154 valence electrons. The van der Waals surface area contributed by atoms with Gasteiger partial charge in [0.15, 0.2) is 0 Å². The number of hydrogen-bond donors (Lipinski definition) is 1. The highest BCUT2D eigenvalue weighted by molar-refractivity contribution is 6.04. The molecule has 1 fully saturated rings. The first-order valence-corrected chi connectivity index (χ1v) is 10.3. The fraction of sp³-hybridized carbons (Fsp3) is 0.292. The zero-order valence-electron chi connectivity index (χ0n) is 17.0. The molecule has 1 aromatic heterocycles. The minimum Gasteiger partial charge on any atom is -0.322 e. The number of hydrogen-bond acceptors (Lipinski definition) is 4. The van der Waals surface area contributed by atoms with Crippen molar-refractivity contribution in [2.75, 3.05) is 11.9 Å². The molecule has 0 spiro atoms. The molecule has 30 heavy (non-hydrogen) atoms. The van der Waals surface area contributed by atoms with Crippen LogP contribution in [-0.4, -0.2) is 27.3 Å². The summed E-state index contributed by atoms with van der Waals surface area (Å²) in [4.78, 5) is 24.3. The molecule has 5 nitrogen and oxygen atoms in total. The Morgan fingerprint density at radius 2 is 1.90 bits per heavy atom. The van der Waals surface area contributed by atoms with E-state index in [0.29, 0.717) is 17.9 Å². The van der Waals surface area contributed by atoms with Crippen LogP contribution in [0.15, 0.2) is 60.8 Å². The Kier molecular flexibility index (Phi) is 6.14.